The van der Waals surface area contributed by atoms with Gasteiger partial charge in [0.1, 0.15) is 0 Å². The molecule has 0 saturated heterocycles. The zero-order chi connectivity index (χ0) is 50.1. The van der Waals surface area contributed by atoms with Gasteiger partial charge in [-0.3, -0.25) is 0 Å². The predicted octanol–water partition coefficient (Wildman–Crippen LogP) is 17.0. The monoisotopic (exact) mass is 786 g/mol. The Labute approximate surface area is 372 Å². The van der Waals surface area contributed by atoms with Crippen LogP contribution in [-0.4, -0.2) is 0 Å². The van der Waals surface area contributed by atoms with Crippen molar-refractivity contribution in [2.75, 3.05) is 4.90 Å². The Bertz CT molecular complexity index is 3940. The summed E-state index contributed by atoms with van der Waals surface area (Å²) >= 11 is 0. The van der Waals surface area contributed by atoms with E-state index in [9.17, 15) is 15.1 Å². The fourth-order valence-electron chi connectivity index (χ4n) is 8.23. The van der Waals surface area contributed by atoms with Gasteiger partial charge in [0.25, 0.3) is 0 Å². The van der Waals surface area contributed by atoms with Crippen LogP contribution in [0.15, 0.2) is 248 Å². The topological polar surface area (TPSA) is 3.24 Å². The average molecular weight is 787 g/mol. The van der Waals surface area contributed by atoms with Crippen LogP contribution in [0.25, 0.3) is 88.0 Å². The van der Waals surface area contributed by atoms with E-state index < -0.39 is 71.8 Å². The van der Waals surface area contributed by atoms with E-state index in [0.29, 0.717) is 33.2 Å². The second kappa shape index (κ2) is 15.6. The Kier molecular flexibility index (Phi) is 6.71. The van der Waals surface area contributed by atoms with E-state index >= 15 is 0 Å². The molecule has 0 heterocycles. The molecule has 0 aliphatic rings. The summed E-state index contributed by atoms with van der Waals surface area (Å²) in [6, 6.07) is 50.0. The fraction of sp³-hybridized carbons (Fsp3) is 0. The first kappa shape index (κ1) is 26.2. The molecule has 0 N–H and O–H groups in total. The van der Waals surface area contributed by atoms with Gasteiger partial charge in [0.05, 0.1) is 20.8 Å². The first-order valence-electron chi connectivity index (χ1n) is 25.6. The molecular weight excluding hydrogens is 735 g/mol. The van der Waals surface area contributed by atoms with Crippen molar-refractivity contribution in [2.24, 2.45) is 0 Å². The largest absolute Gasteiger partial charge is 0.310 e. The van der Waals surface area contributed by atoms with Crippen molar-refractivity contribution in [1.82, 2.24) is 0 Å². The smallest absolute Gasteiger partial charge is 0.0645 e. The first-order valence-corrected chi connectivity index (χ1v) is 20.1. The second-order valence-corrected chi connectivity index (χ2v) is 14.8. The van der Waals surface area contributed by atoms with Gasteiger partial charge in [-0.05, 0) is 125 Å². The summed E-state index contributed by atoms with van der Waals surface area (Å²) in [6.45, 7) is 0. The van der Waals surface area contributed by atoms with Crippen LogP contribution in [0.3, 0.4) is 0 Å². The number of benzene rings is 11. The van der Waals surface area contributed by atoms with Gasteiger partial charge >= 0.3 is 0 Å². The molecule has 0 fully saturated rings. The van der Waals surface area contributed by atoms with Crippen molar-refractivity contribution < 1.29 is 15.1 Å². The summed E-state index contributed by atoms with van der Waals surface area (Å²) in [6.07, 6.45) is 0. The number of hydrogen-bond donors (Lipinski definition) is 0. The highest BCUT2D eigenvalue weighted by atomic mass is 15.1. The van der Waals surface area contributed by atoms with Crippen LogP contribution in [0.5, 0.6) is 0 Å². The summed E-state index contributed by atoms with van der Waals surface area (Å²) in [7, 11) is 0. The minimum atomic E-state index is -0.608. The van der Waals surface area contributed by atoms with Crippen molar-refractivity contribution >= 4 is 49.4 Å². The van der Waals surface area contributed by atoms with E-state index in [0.717, 1.165) is 37.4 Å². The summed E-state index contributed by atoms with van der Waals surface area (Å²) in [4.78, 5) is 1.07. The molecule has 0 spiro atoms. The van der Waals surface area contributed by atoms with E-state index in [-0.39, 0.29) is 34.0 Å². The molecule has 0 bridgehead atoms. The molecule has 0 aliphatic heterocycles. The van der Waals surface area contributed by atoms with Gasteiger partial charge in [-0.1, -0.05) is 206 Å². The molecule has 61 heavy (non-hydrogen) atoms. The summed E-state index contributed by atoms with van der Waals surface area (Å²) in [5.74, 6) is 0. The highest BCUT2D eigenvalue weighted by Gasteiger charge is 2.20. The molecule has 0 unspecified atom stereocenters. The maximum atomic E-state index is 10.0. The van der Waals surface area contributed by atoms with Crippen LogP contribution in [-0.2, 0) is 0 Å². The Morgan fingerprint density at radius 2 is 0.787 bits per heavy atom. The van der Waals surface area contributed by atoms with Crippen LogP contribution in [0.2, 0.25) is 0 Å². The molecule has 0 atom stereocenters. The maximum absolute atomic E-state index is 10.0. The zero-order valence-electron chi connectivity index (χ0n) is 43.8. The second-order valence-electron chi connectivity index (χ2n) is 14.8. The molecule has 11 aromatic rings. The van der Waals surface area contributed by atoms with Crippen molar-refractivity contribution in [3.05, 3.63) is 248 Å². The van der Waals surface area contributed by atoms with Crippen LogP contribution < -0.4 is 4.90 Å². The number of fused-ring (bicyclic) bond motifs is 4. The van der Waals surface area contributed by atoms with E-state index in [1.807, 2.05) is 115 Å². The third kappa shape index (κ3) is 6.73. The maximum Gasteiger partial charge on any atom is 0.0645 e. The van der Waals surface area contributed by atoms with Gasteiger partial charge in [-0.2, -0.15) is 0 Å². The fourth-order valence-corrected chi connectivity index (χ4v) is 8.23. The van der Waals surface area contributed by atoms with Crippen LogP contribution in [0, 0.1) is 0 Å². The van der Waals surface area contributed by atoms with Crippen LogP contribution >= 0.6 is 0 Å². The Hall–Kier alpha value is -8.00. The Balaban J connectivity index is 1.27. The van der Waals surface area contributed by atoms with E-state index in [1.165, 1.54) is 0 Å². The SMILES string of the molecule is [2H]c1c([2H])c(N(c2c([2H])c([2H])c(-c3ccc4ccccc4c3-c3ccccc3)c([2H])c2[2H])c2c([2H])c([2H])c(-c3cc4ccccc4c4ccccc34)c([2H])c2[2H])c(-c2ccccc2)c([2H])c1-c1ccccc1. The van der Waals surface area contributed by atoms with Crippen molar-refractivity contribution in [1.29, 1.82) is 0 Å². The molecule has 11 rings (SSSR count). The Morgan fingerprint density at radius 3 is 1.44 bits per heavy atom. The molecule has 0 aromatic heterocycles. The lowest BCUT2D eigenvalue weighted by Gasteiger charge is -2.29. The molecule has 11 aromatic carbocycles. The van der Waals surface area contributed by atoms with Gasteiger partial charge in [0.2, 0.25) is 0 Å². The summed E-state index contributed by atoms with van der Waals surface area (Å²) < 4.78 is 109. The molecule has 0 aliphatic carbocycles. The van der Waals surface area contributed by atoms with Gasteiger partial charge in [0, 0.05) is 16.9 Å². The highest BCUT2D eigenvalue weighted by Crippen LogP contribution is 2.45. The highest BCUT2D eigenvalue weighted by molar-refractivity contribution is 6.14. The van der Waals surface area contributed by atoms with E-state index in [2.05, 4.69) is 0 Å². The molecule has 0 radical (unpaired) electrons. The van der Waals surface area contributed by atoms with Gasteiger partial charge < -0.3 is 4.90 Å². The summed E-state index contributed by atoms with van der Waals surface area (Å²) in [5.41, 5.74) is 2.06. The molecule has 286 valence electrons. The van der Waals surface area contributed by atoms with Crippen LogP contribution in [0.1, 0.15) is 15.1 Å². The van der Waals surface area contributed by atoms with Gasteiger partial charge in [-0.15, -0.1) is 0 Å². The third-order valence-corrected chi connectivity index (χ3v) is 11.1. The molecule has 0 saturated carbocycles. The number of rotatable bonds is 8. The zero-order valence-corrected chi connectivity index (χ0v) is 32.8. The first-order chi connectivity index (χ1) is 34.9. The van der Waals surface area contributed by atoms with Gasteiger partial charge in [-0.25, -0.2) is 0 Å². The number of anilines is 3. The van der Waals surface area contributed by atoms with Crippen molar-refractivity contribution in [3.63, 3.8) is 0 Å². The average Bonchev–Trinajstić information content (AvgIpc) is 3.41. The van der Waals surface area contributed by atoms with E-state index in [4.69, 9.17) is 0 Å². The van der Waals surface area contributed by atoms with Gasteiger partial charge in [0.15, 0.2) is 0 Å². The summed E-state index contributed by atoms with van der Waals surface area (Å²) in [5, 5.41) is 5.00. The predicted molar refractivity (Wildman–Crippen MR) is 261 cm³/mol. The minimum Gasteiger partial charge on any atom is -0.310 e. The number of nitrogens with zero attached hydrogens (tertiary/aromatic N) is 1. The van der Waals surface area contributed by atoms with E-state index in [1.54, 1.807) is 66.7 Å². The molecule has 1 heteroatoms. The standard InChI is InChI=1S/C60H41N/c1-4-16-42(17-5-1)48-33-39-59(58(40-48)43-18-6-2-7-19-43)61(51-36-30-46(31-37-51)57-41-49-23-11-12-24-52(49)55-26-14-15-27-56(55)57)50-34-28-45(29-35-50)54-38-32-44-20-10-13-25-53(44)60(54)47-21-8-3-9-22-47/h1-41H/i28D,29D,30D,31D,33D,34D,35D,36D,37D,39D,40D. The molecule has 0 amide bonds. The lowest BCUT2D eigenvalue weighted by atomic mass is 9.89. The Morgan fingerprint density at radius 1 is 0.295 bits per heavy atom. The van der Waals surface area contributed by atoms with Crippen molar-refractivity contribution in [2.45, 2.75) is 0 Å². The molecular formula is C60H41N. The third-order valence-electron chi connectivity index (χ3n) is 11.1. The lowest BCUT2D eigenvalue weighted by molar-refractivity contribution is 1.28. The molecule has 1 nitrogen and oxygen atoms in total. The minimum absolute atomic E-state index is 0.00790. The number of hydrogen-bond acceptors (Lipinski definition) is 1. The lowest BCUT2D eigenvalue weighted by Crippen LogP contribution is -2.11. The quantitative estimate of drug-likeness (QED) is 0.139. The van der Waals surface area contributed by atoms with Crippen molar-refractivity contribution in [3.8, 4) is 55.6 Å². The van der Waals surface area contributed by atoms with Crippen LogP contribution in [0.4, 0.5) is 17.1 Å². The normalized spacial score (nSPS) is 13.8.